The molecule has 2 heterocycles. The first-order valence-corrected chi connectivity index (χ1v) is 12.3. The Bertz CT molecular complexity index is 1120. The van der Waals surface area contributed by atoms with Crippen molar-refractivity contribution in [3.63, 3.8) is 0 Å². The molecule has 34 heavy (non-hydrogen) atoms. The van der Waals surface area contributed by atoms with Crippen molar-refractivity contribution < 1.29 is 23.4 Å². The molecule has 0 bridgehead atoms. The van der Waals surface area contributed by atoms with Crippen LogP contribution in [0.3, 0.4) is 0 Å². The van der Waals surface area contributed by atoms with Gasteiger partial charge in [-0.15, -0.1) is 16.8 Å². The molecule has 0 saturated heterocycles. The second kappa shape index (κ2) is 11.8. The third kappa shape index (κ3) is 5.64. The minimum Gasteiger partial charge on any atom is -0.490 e. The SMILES string of the molecule is C=CCn1c(C)cc(C(=O)CSc2nnc(-c3cc(OCC)c(OCC)c(OCC)c3)o2)c1C. The molecule has 0 N–H and O–H groups in total. The Labute approximate surface area is 204 Å². The minimum atomic E-state index is 0.00601. The highest BCUT2D eigenvalue weighted by molar-refractivity contribution is 7.99. The fourth-order valence-electron chi connectivity index (χ4n) is 3.60. The van der Waals surface area contributed by atoms with Crippen molar-refractivity contribution in [2.45, 2.75) is 46.4 Å². The first kappa shape index (κ1) is 25.4. The minimum absolute atomic E-state index is 0.00601. The lowest BCUT2D eigenvalue weighted by Gasteiger charge is -2.16. The predicted octanol–water partition coefficient (Wildman–Crippen LogP) is 5.51. The van der Waals surface area contributed by atoms with E-state index < -0.39 is 0 Å². The van der Waals surface area contributed by atoms with E-state index >= 15 is 0 Å². The highest BCUT2D eigenvalue weighted by Gasteiger charge is 2.20. The van der Waals surface area contributed by atoms with Gasteiger partial charge in [0.1, 0.15) is 0 Å². The van der Waals surface area contributed by atoms with Crippen molar-refractivity contribution in [1.29, 1.82) is 0 Å². The third-order valence-electron chi connectivity index (χ3n) is 5.08. The van der Waals surface area contributed by atoms with Gasteiger partial charge in [-0.25, -0.2) is 0 Å². The molecule has 0 aliphatic rings. The van der Waals surface area contributed by atoms with Gasteiger partial charge in [-0.2, -0.15) is 0 Å². The monoisotopic (exact) mass is 485 g/mol. The van der Waals surface area contributed by atoms with Crippen molar-refractivity contribution in [3.05, 3.63) is 47.8 Å². The van der Waals surface area contributed by atoms with Crippen LogP contribution >= 0.6 is 11.8 Å². The number of ketones is 1. The Morgan fingerprint density at radius 2 is 1.71 bits per heavy atom. The zero-order valence-corrected chi connectivity index (χ0v) is 21.2. The first-order valence-electron chi connectivity index (χ1n) is 11.3. The van der Waals surface area contributed by atoms with E-state index in [9.17, 15) is 4.79 Å². The summed E-state index contributed by atoms with van der Waals surface area (Å²) in [7, 11) is 0. The van der Waals surface area contributed by atoms with Gasteiger partial charge in [-0.05, 0) is 52.8 Å². The van der Waals surface area contributed by atoms with E-state index in [1.807, 2.05) is 46.8 Å². The number of carbonyl (C=O) groups is 1. The molecule has 1 aromatic carbocycles. The van der Waals surface area contributed by atoms with E-state index in [0.29, 0.717) is 65.9 Å². The van der Waals surface area contributed by atoms with Crippen molar-refractivity contribution >= 4 is 17.5 Å². The van der Waals surface area contributed by atoms with Crippen LogP contribution in [0.15, 0.2) is 40.5 Å². The number of aromatic nitrogens is 3. The number of benzene rings is 1. The number of aryl methyl sites for hydroxylation is 1. The molecular weight excluding hydrogens is 454 g/mol. The number of hydrogen-bond donors (Lipinski definition) is 0. The second-order valence-corrected chi connectivity index (χ2v) is 8.30. The first-order chi connectivity index (χ1) is 16.4. The molecular formula is C25H31N3O5S. The van der Waals surface area contributed by atoms with Crippen molar-refractivity contribution in [3.8, 4) is 28.7 Å². The van der Waals surface area contributed by atoms with E-state index in [-0.39, 0.29) is 11.5 Å². The average molecular weight is 486 g/mol. The molecule has 8 nitrogen and oxygen atoms in total. The fraction of sp³-hybridized carbons (Fsp3) is 0.400. The van der Waals surface area contributed by atoms with E-state index in [2.05, 4.69) is 21.3 Å². The van der Waals surface area contributed by atoms with Crippen molar-refractivity contribution in [1.82, 2.24) is 14.8 Å². The topological polar surface area (TPSA) is 88.6 Å². The van der Waals surface area contributed by atoms with Gasteiger partial charge >= 0.3 is 0 Å². The summed E-state index contributed by atoms with van der Waals surface area (Å²) in [5.41, 5.74) is 3.29. The average Bonchev–Trinajstić information content (AvgIpc) is 3.40. The number of allylic oxidation sites excluding steroid dienone is 1. The number of ether oxygens (including phenoxy) is 3. The molecule has 9 heteroatoms. The molecule has 0 unspecified atom stereocenters. The van der Waals surface area contributed by atoms with Gasteiger partial charge in [0.25, 0.3) is 5.22 Å². The molecule has 0 amide bonds. The van der Waals surface area contributed by atoms with Crippen LogP contribution in [0.5, 0.6) is 17.2 Å². The highest BCUT2D eigenvalue weighted by atomic mass is 32.2. The summed E-state index contributed by atoms with van der Waals surface area (Å²) in [5.74, 6) is 2.14. The Hall–Kier alpha value is -3.20. The number of Topliss-reactive ketones (excluding diaryl/α,β-unsaturated/α-hetero) is 1. The smallest absolute Gasteiger partial charge is 0.277 e. The fourth-order valence-corrected chi connectivity index (χ4v) is 4.24. The Kier molecular flexibility index (Phi) is 8.81. The molecule has 3 aromatic rings. The molecule has 0 atom stereocenters. The largest absolute Gasteiger partial charge is 0.490 e. The number of carbonyl (C=O) groups excluding carboxylic acids is 1. The highest BCUT2D eigenvalue weighted by Crippen LogP contribution is 2.42. The summed E-state index contributed by atoms with van der Waals surface area (Å²) in [6, 6.07) is 5.49. The van der Waals surface area contributed by atoms with Crippen LogP contribution in [-0.2, 0) is 6.54 Å². The number of hydrogen-bond acceptors (Lipinski definition) is 8. The van der Waals surface area contributed by atoms with Gasteiger partial charge in [-0.3, -0.25) is 4.79 Å². The lowest BCUT2D eigenvalue weighted by atomic mass is 10.2. The Morgan fingerprint density at radius 1 is 1.06 bits per heavy atom. The molecule has 0 saturated carbocycles. The van der Waals surface area contributed by atoms with E-state index in [1.54, 1.807) is 12.1 Å². The standard InChI is InChI=1S/C25H31N3O5S/c1-7-11-28-16(5)12-19(17(28)6)20(29)15-34-25-27-26-24(33-25)18-13-21(30-8-2)23(32-10-4)22(14-18)31-9-3/h7,12-14H,1,8-11,15H2,2-6H3. The second-order valence-electron chi connectivity index (χ2n) is 7.37. The molecule has 0 radical (unpaired) electrons. The lowest BCUT2D eigenvalue weighted by molar-refractivity contribution is 0.102. The summed E-state index contributed by atoms with van der Waals surface area (Å²) in [6.07, 6.45) is 1.82. The van der Waals surface area contributed by atoms with Gasteiger partial charge in [-0.1, -0.05) is 17.8 Å². The van der Waals surface area contributed by atoms with Crippen LogP contribution < -0.4 is 14.2 Å². The van der Waals surface area contributed by atoms with Gasteiger partial charge in [0, 0.05) is 29.1 Å². The summed E-state index contributed by atoms with van der Waals surface area (Å²) in [5, 5.41) is 8.58. The predicted molar refractivity (Wildman–Crippen MR) is 132 cm³/mol. The maximum absolute atomic E-state index is 12.8. The molecule has 0 aliphatic heterocycles. The summed E-state index contributed by atoms with van der Waals surface area (Å²) >= 11 is 1.21. The van der Waals surface area contributed by atoms with Crippen LogP contribution in [-0.4, -0.2) is 46.1 Å². The third-order valence-corrected chi connectivity index (χ3v) is 5.89. The lowest BCUT2D eigenvalue weighted by Crippen LogP contribution is -2.06. The van der Waals surface area contributed by atoms with Gasteiger partial charge in [0.2, 0.25) is 11.6 Å². The van der Waals surface area contributed by atoms with Crippen LogP contribution in [0.2, 0.25) is 0 Å². The van der Waals surface area contributed by atoms with Crippen LogP contribution in [0, 0.1) is 13.8 Å². The summed E-state index contributed by atoms with van der Waals surface area (Å²) < 4.78 is 25.2. The number of nitrogens with zero attached hydrogens (tertiary/aromatic N) is 3. The van der Waals surface area contributed by atoms with E-state index in [1.165, 1.54) is 11.8 Å². The van der Waals surface area contributed by atoms with Crippen LogP contribution in [0.1, 0.15) is 42.5 Å². The number of thioether (sulfide) groups is 1. The van der Waals surface area contributed by atoms with E-state index in [4.69, 9.17) is 18.6 Å². The van der Waals surface area contributed by atoms with E-state index in [0.717, 1.165) is 11.4 Å². The maximum Gasteiger partial charge on any atom is 0.277 e. The molecule has 0 fully saturated rings. The molecule has 0 aliphatic carbocycles. The zero-order chi connectivity index (χ0) is 24.7. The molecule has 3 rings (SSSR count). The van der Waals surface area contributed by atoms with Crippen LogP contribution in [0.4, 0.5) is 0 Å². The normalized spacial score (nSPS) is 10.9. The molecule has 182 valence electrons. The van der Waals surface area contributed by atoms with Gasteiger partial charge < -0.3 is 23.2 Å². The van der Waals surface area contributed by atoms with Crippen LogP contribution in [0.25, 0.3) is 11.5 Å². The zero-order valence-electron chi connectivity index (χ0n) is 20.3. The number of rotatable bonds is 13. The molecule has 2 aromatic heterocycles. The Balaban J connectivity index is 1.79. The van der Waals surface area contributed by atoms with Gasteiger partial charge in [0.05, 0.1) is 25.6 Å². The van der Waals surface area contributed by atoms with Crippen molar-refractivity contribution in [2.24, 2.45) is 0 Å². The van der Waals surface area contributed by atoms with Gasteiger partial charge in [0.15, 0.2) is 17.3 Å². The molecule has 0 spiro atoms. The maximum atomic E-state index is 12.8. The quantitative estimate of drug-likeness (QED) is 0.178. The summed E-state index contributed by atoms with van der Waals surface area (Å²) in [6.45, 7) is 15.5. The summed E-state index contributed by atoms with van der Waals surface area (Å²) in [4.78, 5) is 12.8. The Morgan fingerprint density at radius 3 is 2.29 bits per heavy atom. The van der Waals surface area contributed by atoms with Crippen molar-refractivity contribution in [2.75, 3.05) is 25.6 Å².